The number of imidazole rings is 1. The van der Waals surface area contributed by atoms with Gasteiger partial charge in [0.2, 0.25) is 11.8 Å². The molecule has 162 valence electrons. The van der Waals surface area contributed by atoms with Crippen molar-refractivity contribution in [3.05, 3.63) is 36.2 Å². The van der Waals surface area contributed by atoms with Gasteiger partial charge in [-0.05, 0) is 25.0 Å². The van der Waals surface area contributed by atoms with Crippen LogP contribution in [0.3, 0.4) is 0 Å². The number of anilines is 1. The molecule has 3 aromatic rings. The lowest BCUT2D eigenvalue weighted by atomic mass is 10.1. The highest BCUT2D eigenvalue weighted by Crippen LogP contribution is 2.38. The molecule has 31 heavy (non-hydrogen) atoms. The van der Waals surface area contributed by atoms with E-state index in [4.69, 9.17) is 9.26 Å². The SMILES string of the molecule is Cn1ccnc1-c1ccc(N2CCOCC(C(=O)NCc3nc(C4CC4)no3)C2)nn1. The van der Waals surface area contributed by atoms with Crippen molar-refractivity contribution in [3.8, 4) is 11.5 Å². The number of hydrogen-bond donors (Lipinski definition) is 1. The Balaban J connectivity index is 1.21. The first-order valence-corrected chi connectivity index (χ1v) is 10.4. The lowest BCUT2D eigenvalue weighted by molar-refractivity contribution is -0.126. The zero-order valence-electron chi connectivity index (χ0n) is 17.3. The number of nitrogens with one attached hydrogen (secondary N) is 1. The Hall–Kier alpha value is -3.34. The van der Waals surface area contributed by atoms with E-state index in [0.717, 1.165) is 24.5 Å². The van der Waals surface area contributed by atoms with Crippen molar-refractivity contribution >= 4 is 11.7 Å². The highest BCUT2D eigenvalue weighted by Gasteiger charge is 2.29. The van der Waals surface area contributed by atoms with Crippen LogP contribution in [0.25, 0.3) is 11.5 Å². The molecule has 1 aliphatic carbocycles. The number of aryl methyl sites for hydroxylation is 1. The summed E-state index contributed by atoms with van der Waals surface area (Å²) in [7, 11) is 1.91. The van der Waals surface area contributed by atoms with E-state index in [1.165, 1.54) is 0 Å². The summed E-state index contributed by atoms with van der Waals surface area (Å²) in [6, 6.07) is 3.79. The van der Waals surface area contributed by atoms with Crippen LogP contribution in [0.1, 0.15) is 30.5 Å². The summed E-state index contributed by atoms with van der Waals surface area (Å²) < 4.78 is 12.8. The molecule has 1 N–H and O–H groups in total. The maximum Gasteiger partial charge on any atom is 0.246 e. The number of amides is 1. The van der Waals surface area contributed by atoms with Gasteiger partial charge in [0.1, 0.15) is 5.69 Å². The van der Waals surface area contributed by atoms with Gasteiger partial charge < -0.3 is 24.0 Å². The number of nitrogens with zero attached hydrogens (tertiary/aromatic N) is 7. The van der Waals surface area contributed by atoms with Crippen LogP contribution in [0.4, 0.5) is 5.82 Å². The lowest BCUT2D eigenvalue weighted by Crippen LogP contribution is -2.39. The van der Waals surface area contributed by atoms with Crippen LogP contribution in [0, 0.1) is 5.92 Å². The quantitative estimate of drug-likeness (QED) is 0.615. The molecule has 0 aromatic carbocycles. The molecule has 1 saturated heterocycles. The van der Waals surface area contributed by atoms with Gasteiger partial charge in [0.05, 0.1) is 25.7 Å². The predicted molar refractivity (Wildman–Crippen MR) is 109 cm³/mol. The molecule has 2 aliphatic rings. The Kier molecular flexibility index (Phi) is 5.33. The third-order valence-corrected chi connectivity index (χ3v) is 5.50. The average Bonchev–Trinajstić information content (AvgIpc) is 3.46. The smallest absolute Gasteiger partial charge is 0.246 e. The molecule has 0 spiro atoms. The van der Waals surface area contributed by atoms with Crippen molar-refractivity contribution in [1.82, 2.24) is 35.2 Å². The van der Waals surface area contributed by atoms with Crippen LogP contribution in [0.2, 0.25) is 0 Å². The fraction of sp³-hybridized carbons (Fsp3) is 0.500. The summed E-state index contributed by atoms with van der Waals surface area (Å²) in [5, 5.41) is 15.5. The summed E-state index contributed by atoms with van der Waals surface area (Å²) in [5.41, 5.74) is 0.696. The van der Waals surface area contributed by atoms with Crippen molar-refractivity contribution in [3.63, 3.8) is 0 Å². The van der Waals surface area contributed by atoms with E-state index in [1.54, 1.807) is 6.20 Å². The van der Waals surface area contributed by atoms with Crippen LogP contribution < -0.4 is 10.2 Å². The largest absolute Gasteiger partial charge is 0.379 e. The molecular weight excluding hydrogens is 400 g/mol. The first-order valence-electron chi connectivity index (χ1n) is 10.4. The van der Waals surface area contributed by atoms with E-state index in [-0.39, 0.29) is 18.4 Å². The maximum absolute atomic E-state index is 12.7. The fourth-order valence-corrected chi connectivity index (χ4v) is 3.56. The Bertz CT molecular complexity index is 1040. The molecule has 1 saturated carbocycles. The normalized spacial score (nSPS) is 19.3. The van der Waals surface area contributed by atoms with Gasteiger partial charge in [-0.15, -0.1) is 10.2 Å². The first kappa shape index (κ1) is 19.6. The molecule has 11 nitrogen and oxygen atoms in total. The Morgan fingerprint density at radius 1 is 1.29 bits per heavy atom. The standard InChI is InChI=1S/C20H24N8O3/c1-27-7-6-21-19(27)15-4-5-16(25-24-15)28-8-9-30-12-14(11-28)20(29)22-10-17-23-18(26-31-17)13-2-3-13/h4-7,13-14H,2-3,8-12H2,1H3,(H,22,29). The molecule has 1 aliphatic heterocycles. The van der Waals surface area contributed by atoms with Crippen molar-refractivity contribution in [2.75, 3.05) is 31.2 Å². The molecule has 0 bridgehead atoms. The molecule has 3 aromatic heterocycles. The van der Waals surface area contributed by atoms with Crippen molar-refractivity contribution in [2.24, 2.45) is 13.0 Å². The van der Waals surface area contributed by atoms with Crippen LogP contribution >= 0.6 is 0 Å². The second-order valence-electron chi connectivity index (χ2n) is 7.89. The molecule has 2 fully saturated rings. The second-order valence-corrected chi connectivity index (χ2v) is 7.89. The van der Waals surface area contributed by atoms with Crippen LogP contribution in [0.15, 0.2) is 29.0 Å². The number of hydrogen-bond acceptors (Lipinski definition) is 9. The van der Waals surface area contributed by atoms with Gasteiger partial charge in [-0.25, -0.2) is 4.98 Å². The van der Waals surface area contributed by atoms with E-state index in [1.807, 2.05) is 34.8 Å². The molecule has 1 atom stereocenters. The second kappa shape index (κ2) is 8.42. The summed E-state index contributed by atoms with van der Waals surface area (Å²) in [4.78, 5) is 23.4. The number of carbonyl (C=O) groups excluding carboxylic acids is 1. The van der Waals surface area contributed by atoms with Gasteiger partial charge in [0.15, 0.2) is 17.5 Å². The number of rotatable bonds is 6. The van der Waals surface area contributed by atoms with Crippen molar-refractivity contribution < 1.29 is 14.1 Å². The van der Waals surface area contributed by atoms with Gasteiger partial charge >= 0.3 is 0 Å². The van der Waals surface area contributed by atoms with Gasteiger partial charge in [-0.2, -0.15) is 4.98 Å². The van der Waals surface area contributed by atoms with E-state index in [9.17, 15) is 4.79 Å². The zero-order chi connectivity index (χ0) is 21.2. The molecule has 4 heterocycles. The van der Waals surface area contributed by atoms with E-state index < -0.39 is 0 Å². The maximum atomic E-state index is 12.7. The van der Waals surface area contributed by atoms with Gasteiger partial charge in [0.25, 0.3) is 0 Å². The summed E-state index contributed by atoms with van der Waals surface area (Å²) in [6.07, 6.45) is 5.79. The number of aromatic nitrogens is 6. The fourth-order valence-electron chi connectivity index (χ4n) is 3.56. The van der Waals surface area contributed by atoms with Crippen LogP contribution in [-0.2, 0) is 23.1 Å². The minimum absolute atomic E-state index is 0.115. The molecule has 5 rings (SSSR count). The molecular formula is C20H24N8O3. The number of carbonyl (C=O) groups is 1. The minimum atomic E-state index is -0.343. The number of ether oxygens (including phenoxy) is 1. The summed E-state index contributed by atoms with van der Waals surface area (Å²) in [5.74, 6) is 2.58. The van der Waals surface area contributed by atoms with Gasteiger partial charge in [-0.3, -0.25) is 4.79 Å². The van der Waals surface area contributed by atoms with Crippen LogP contribution in [0.5, 0.6) is 0 Å². The molecule has 1 amide bonds. The zero-order valence-corrected chi connectivity index (χ0v) is 17.3. The van der Waals surface area contributed by atoms with Gasteiger partial charge in [0, 0.05) is 38.4 Å². The molecule has 1 unspecified atom stereocenters. The minimum Gasteiger partial charge on any atom is -0.379 e. The third kappa shape index (κ3) is 4.41. The van der Waals surface area contributed by atoms with E-state index in [2.05, 4.69) is 30.6 Å². The van der Waals surface area contributed by atoms with Crippen molar-refractivity contribution in [2.45, 2.75) is 25.3 Å². The Morgan fingerprint density at radius 3 is 2.94 bits per heavy atom. The third-order valence-electron chi connectivity index (χ3n) is 5.50. The highest BCUT2D eigenvalue weighted by molar-refractivity contribution is 5.79. The highest BCUT2D eigenvalue weighted by atomic mass is 16.5. The van der Waals surface area contributed by atoms with E-state index >= 15 is 0 Å². The summed E-state index contributed by atoms with van der Waals surface area (Å²) in [6.45, 7) is 2.19. The molecule has 0 radical (unpaired) electrons. The monoisotopic (exact) mass is 424 g/mol. The predicted octanol–water partition coefficient (Wildman–Crippen LogP) is 0.907. The molecule has 11 heteroatoms. The Morgan fingerprint density at radius 2 is 2.19 bits per heavy atom. The lowest BCUT2D eigenvalue weighted by Gasteiger charge is -2.23. The average molecular weight is 424 g/mol. The van der Waals surface area contributed by atoms with Gasteiger partial charge in [-0.1, -0.05) is 5.16 Å². The topological polar surface area (TPSA) is 124 Å². The Labute approximate surface area is 178 Å². The van der Waals surface area contributed by atoms with Crippen LogP contribution in [-0.4, -0.2) is 62.1 Å². The first-order chi connectivity index (χ1) is 15.2. The van der Waals surface area contributed by atoms with Crippen molar-refractivity contribution in [1.29, 1.82) is 0 Å². The summed E-state index contributed by atoms with van der Waals surface area (Å²) >= 11 is 0. The van der Waals surface area contributed by atoms with E-state index in [0.29, 0.717) is 49.6 Å².